The molecule has 0 aliphatic carbocycles. The van der Waals surface area contributed by atoms with Gasteiger partial charge in [-0.15, -0.1) is 0 Å². The predicted octanol–water partition coefficient (Wildman–Crippen LogP) is 2.23. The smallest absolute Gasteiger partial charge is 0.134 e. The summed E-state index contributed by atoms with van der Waals surface area (Å²) in [6.45, 7) is 9.13. The zero-order valence-corrected chi connectivity index (χ0v) is 8.35. The van der Waals surface area contributed by atoms with E-state index in [-0.39, 0.29) is 11.8 Å². The summed E-state index contributed by atoms with van der Waals surface area (Å²) in [4.78, 5) is 0. The van der Waals surface area contributed by atoms with E-state index in [4.69, 9.17) is 16.5 Å². The van der Waals surface area contributed by atoms with Crippen molar-refractivity contribution in [2.75, 3.05) is 6.54 Å². The third-order valence-corrected chi connectivity index (χ3v) is 2.88. The van der Waals surface area contributed by atoms with Gasteiger partial charge in [0.05, 0.1) is 6.10 Å². The first-order valence-corrected chi connectivity index (χ1v) is 4.42. The number of hydrogen-bond acceptors (Lipinski definition) is 2. The molecular weight excluding hydrogens is 162 g/mol. The van der Waals surface area contributed by atoms with Crippen LogP contribution in [0.25, 0.3) is 0 Å². The minimum Gasteiger partial charge on any atom is -0.355 e. The molecule has 3 heteroatoms. The summed E-state index contributed by atoms with van der Waals surface area (Å²) in [6, 6.07) is 0. The number of halogens is 1. The van der Waals surface area contributed by atoms with E-state index in [1.165, 1.54) is 0 Å². The second kappa shape index (κ2) is 2.92. The lowest BCUT2D eigenvalue weighted by molar-refractivity contribution is -0.0919. The van der Waals surface area contributed by atoms with Crippen molar-refractivity contribution in [3.8, 4) is 0 Å². The Labute approximate surface area is 73.6 Å². The van der Waals surface area contributed by atoms with E-state index in [0.29, 0.717) is 5.92 Å². The molecule has 1 fully saturated rings. The second-order valence-corrected chi connectivity index (χ2v) is 4.09. The summed E-state index contributed by atoms with van der Waals surface area (Å²) in [5, 5.41) is 0. The standard InChI is InChI=1S/C8H16ClNO/c1-6(2)8(4)10(9)5-7(3)11-8/h6-7H,5H2,1-4H3. The van der Waals surface area contributed by atoms with E-state index < -0.39 is 0 Å². The summed E-state index contributed by atoms with van der Waals surface area (Å²) in [5.41, 5.74) is -0.277. The Kier molecular flexibility index (Phi) is 2.47. The quantitative estimate of drug-likeness (QED) is 0.570. The van der Waals surface area contributed by atoms with E-state index in [2.05, 4.69) is 13.8 Å². The van der Waals surface area contributed by atoms with Crippen molar-refractivity contribution in [2.45, 2.75) is 39.5 Å². The molecule has 0 saturated carbocycles. The number of ether oxygens (including phenoxy) is 1. The minimum atomic E-state index is -0.277. The molecule has 0 radical (unpaired) electrons. The Balaban J connectivity index is 2.71. The first kappa shape index (κ1) is 9.30. The van der Waals surface area contributed by atoms with Gasteiger partial charge in [-0.3, -0.25) is 0 Å². The van der Waals surface area contributed by atoms with Gasteiger partial charge in [-0.25, -0.2) is 0 Å². The van der Waals surface area contributed by atoms with Gasteiger partial charge in [0.25, 0.3) is 0 Å². The molecule has 1 saturated heterocycles. The Morgan fingerprint density at radius 1 is 1.64 bits per heavy atom. The van der Waals surface area contributed by atoms with Crippen molar-refractivity contribution in [1.29, 1.82) is 0 Å². The lowest BCUT2D eigenvalue weighted by Crippen LogP contribution is -2.41. The van der Waals surface area contributed by atoms with E-state index >= 15 is 0 Å². The Morgan fingerprint density at radius 2 is 2.18 bits per heavy atom. The molecule has 1 heterocycles. The average Bonchev–Trinajstić information content (AvgIpc) is 2.08. The summed E-state index contributed by atoms with van der Waals surface area (Å²) >= 11 is 6.02. The molecule has 2 nitrogen and oxygen atoms in total. The van der Waals surface area contributed by atoms with Crippen molar-refractivity contribution in [3.05, 3.63) is 0 Å². The Morgan fingerprint density at radius 3 is 2.36 bits per heavy atom. The van der Waals surface area contributed by atoms with Gasteiger partial charge < -0.3 is 4.74 Å². The second-order valence-electron chi connectivity index (χ2n) is 3.68. The van der Waals surface area contributed by atoms with Gasteiger partial charge in [0.2, 0.25) is 0 Å². The highest BCUT2D eigenvalue weighted by Gasteiger charge is 2.43. The molecular formula is C8H16ClNO. The van der Waals surface area contributed by atoms with Crippen molar-refractivity contribution in [3.63, 3.8) is 0 Å². The number of nitrogens with zero attached hydrogens (tertiary/aromatic N) is 1. The molecule has 1 aliphatic heterocycles. The van der Waals surface area contributed by atoms with Crippen LogP contribution in [-0.2, 0) is 4.74 Å². The van der Waals surface area contributed by atoms with Crippen LogP contribution in [0, 0.1) is 5.92 Å². The Hall–Kier alpha value is 0.210. The van der Waals surface area contributed by atoms with Crippen LogP contribution in [-0.4, -0.2) is 22.8 Å². The molecule has 2 unspecified atom stereocenters. The van der Waals surface area contributed by atoms with Crippen LogP contribution in [0.1, 0.15) is 27.7 Å². The van der Waals surface area contributed by atoms with Gasteiger partial charge in [-0.1, -0.05) is 13.8 Å². The molecule has 2 atom stereocenters. The first-order chi connectivity index (χ1) is 4.97. The van der Waals surface area contributed by atoms with Gasteiger partial charge in [0.15, 0.2) is 0 Å². The normalized spacial score (nSPS) is 40.4. The van der Waals surface area contributed by atoms with Crippen molar-refractivity contribution in [2.24, 2.45) is 5.92 Å². The maximum atomic E-state index is 6.02. The zero-order chi connectivity index (χ0) is 8.65. The van der Waals surface area contributed by atoms with Crippen LogP contribution in [0.15, 0.2) is 0 Å². The highest BCUT2D eigenvalue weighted by Crippen LogP contribution is 2.34. The van der Waals surface area contributed by atoms with Crippen LogP contribution >= 0.6 is 11.8 Å². The average molecular weight is 178 g/mol. The summed E-state index contributed by atoms with van der Waals surface area (Å²) in [5.74, 6) is 0.421. The fraction of sp³-hybridized carbons (Fsp3) is 1.00. The monoisotopic (exact) mass is 177 g/mol. The van der Waals surface area contributed by atoms with Gasteiger partial charge in [-0.2, -0.15) is 4.42 Å². The number of rotatable bonds is 1. The summed E-state index contributed by atoms with van der Waals surface area (Å²) < 4.78 is 7.48. The Bertz CT molecular complexity index is 151. The molecule has 0 amide bonds. The maximum Gasteiger partial charge on any atom is 0.134 e. The lowest BCUT2D eigenvalue weighted by atomic mass is 10.0. The molecule has 0 bridgehead atoms. The van der Waals surface area contributed by atoms with Crippen LogP contribution in [0.5, 0.6) is 0 Å². The third kappa shape index (κ3) is 1.53. The predicted molar refractivity (Wildman–Crippen MR) is 46.3 cm³/mol. The molecule has 0 aromatic heterocycles. The molecule has 66 valence electrons. The van der Waals surface area contributed by atoms with Crippen LogP contribution in [0.4, 0.5) is 0 Å². The van der Waals surface area contributed by atoms with Gasteiger partial charge in [-0.05, 0) is 31.5 Å². The van der Waals surface area contributed by atoms with E-state index in [1.807, 2.05) is 13.8 Å². The van der Waals surface area contributed by atoms with Crippen LogP contribution in [0.2, 0.25) is 0 Å². The van der Waals surface area contributed by atoms with Gasteiger partial charge >= 0.3 is 0 Å². The molecule has 0 aromatic rings. The van der Waals surface area contributed by atoms with Crippen LogP contribution < -0.4 is 0 Å². The molecule has 11 heavy (non-hydrogen) atoms. The highest BCUT2D eigenvalue weighted by atomic mass is 35.5. The molecule has 0 N–H and O–H groups in total. The van der Waals surface area contributed by atoms with E-state index in [1.54, 1.807) is 4.42 Å². The summed E-state index contributed by atoms with van der Waals surface area (Å²) in [6.07, 6.45) is 0.250. The number of hydrogen-bond donors (Lipinski definition) is 0. The van der Waals surface area contributed by atoms with Crippen LogP contribution in [0.3, 0.4) is 0 Å². The largest absolute Gasteiger partial charge is 0.355 e. The van der Waals surface area contributed by atoms with E-state index in [9.17, 15) is 0 Å². The molecule has 0 aromatic carbocycles. The van der Waals surface area contributed by atoms with Crippen molar-refractivity contribution < 1.29 is 4.74 Å². The van der Waals surface area contributed by atoms with Crippen molar-refractivity contribution >= 4 is 11.8 Å². The fourth-order valence-electron chi connectivity index (χ4n) is 1.33. The third-order valence-electron chi connectivity index (χ3n) is 2.41. The van der Waals surface area contributed by atoms with Gasteiger partial charge in [0, 0.05) is 6.54 Å². The molecule has 1 rings (SSSR count). The van der Waals surface area contributed by atoms with Crippen molar-refractivity contribution in [1.82, 2.24) is 4.42 Å². The first-order valence-electron chi connectivity index (χ1n) is 4.08. The SMILES string of the molecule is CC1CN(Cl)C(C)(C(C)C)O1. The lowest BCUT2D eigenvalue weighted by Gasteiger charge is -2.32. The maximum absolute atomic E-state index is 6.02. The van der Waals surface area contributed by atoms with E-state index in [0.717, 1.165) is 6.54 Å². The summed E-state index contributed by atoms with van der Waals surface area (Å²) in [7, 11) is 0. The highest BCUT2D eigenvalue weighted by molar-refractivity contribution is 6.13. The fourth-order valence-corrected chi connectivity index (χ4v) is 1.75. The minimum absolute atomic E-state index is 0.250. The van der Waals surface area contributed by atoms with Gasteiger partial charge in [0.1, 0.15) is 5.72 Å². The molecule has 1 aliphatic rings. The zero-order valence-electron chi connectivity index (χ0n) is 7.60. The molecule has 0 spiro atoms. The topological polar surface area (TPSA) is 12.5 Å².